The number of aryl methyl sites for hydroxylation is 2. The Morgan fingerprint density at radius 3 is 2.67 bits per heavy atom. The van der Waals surface area contributed by atoms with Gasteiger partial charge in [0.05, 0.1) is 5.69 Å². The van der Waals surface area contributed by atoms with Gasteiger partial charge in [-0.2, -0.15) is 5.10 Å². The summed E-state index contributed by atoms with van der Waals surface area (Å²) in [6, 6.07) is 1.84. The molecule has 1 aromatic heterocycles. The molecule has 0 unspecified atom stereocenters. The molecule has 0 atom stereocenters. The van der Waals surface area contributed by atoms with Crippen molar-refractivity contribution >= 4 is 13.9 Å². The maximum Gasteiger partial charge on any atom is 0.177 e. The minimum Gasteiger partial charge on any atom is -0.293 e. The van der Waals surface area contributed by atoms with Crippen LogP contribution in [-0.4, -0.2) is 23.6 Å². The summed E-state index contributed by atoms with van der Waals surface area (Å²) < 4.78 is 1.80. The predicted molar refractivity (Wildman–Crippen MR) is 77.3 cm³/mol. The second kappa shape index (κ2) is 6.01. The first-order valence-corrected chi connectivity index (χ1v) is 9.85. The summed E-state index contributed by atoms with van der Waals surface area (Å²) in [4.78, 5) is 11.4. The van der Waals surface area contributed by atoms with Crippen molar-refractivity contribution in [3.8, 4) is 11.5 Å². The number of nitrogens with zero attached hydrogens (tertiary/aromatic N) is 2. The Balaban J connectivity index is 2.54. The number of ketones is 1. The summed E-state index contributed by atoms with van der Waals surface area (Å²) >= 11 is 0. The summed E-state index contributed by atoms with van der Waals surface area (Å²) in [7, 11) is -1.25. The average molecular weight is 262 g/mol. The normalized spacial score (nSPS) is 10.9. The number of carbonyl (C=O) groups is 1. The lowest BCUT2D eigenvalue weighted by atomic mass is 10.2. The minimum atomic E-state index is -1.25. The van der Waals surface area contributed by atoms with E-state index in [1.165, 1.54) is 0 Å². The van der Waals surface area contributed by atoms with E-state index in [1.54, 1.807) is 11.6 Å². The van der Waals surface area contributed by atoms with Crippen LogP contribution in [0.4, 0.5) is 0 Å². The van der Waals surface area contributed by atoms with E-state index in [2.05, 4.69) is 36.2 Å². The van der Waals surface area contributed by atoms with Crippen LogP contribution in [0.5, 0.6) is 0 Å². The molecule has 1 heterocycles. The van der Waals surface area contributed by atoms with Crippen LogP contribution < -0.4 is 0 Å². The molecule has 1 aromatic rings. The van der Waals surface area contributed by atoms with Gasteiger partial charge in [-0.1, -0.05) is 19.6 Å². The summed E-state index contributed by atoms with van der Waals surface area (Å²) in [5.74, 6) is 3.31. The Morgan fingerprint density at radius 1 is 1.44 bits per heavy atom. The molecule has 0 N–H and O–H groups in total. The van der Waals surface area contributed by atoms with Crippen LogP contribution in [0.2, 0.25) is 19.6 Å². The van der Waals surface area contributed by atoms with Gasteiger partial charge in [0.1, 0.15) is 13.8 Å². The molecule has 0 aromatic carbocycles. The number of unbranched alkanes of at least 4 members (excludes halogenated alkanes) is 1. The standard InChI is InChI=1S/C14H22N2OSi/c1-12-11-14(13(2)17)16(15-12)9-7-6-8-10-18(3,4)5/h11H,6-7,9H2,1-5H3. The van der Waals surface area contributed by atoms with E-state index in [9.17, 15) is 4.79 Å². The van der Waals surface area contributed by atoms with Crippen LogP contribution in [0.1, 0.15) is 35.9 Å². The Kier molecular flexibility index (Phi) is 4.91. The number of hydrogen-bond donors (Lipinski definition) is 0. The summed E-state index contributed by atoms with van der Waals surface area (Å²) in [6.45, 7) is 11.0. The van der Waals surface area contributed by atoms with E-state index in [-0.39, 0.29) is 5.78 Å². The second-order valence-corrected chi connectivity index (χ2v) is 10.4. The van der Waals surface area contributed by atoms with Crippen molar-refractivity contribution in [1.82, 2.24) is 9.78 Å². The fraction of sp³-hybridized carbons (Fsp3) is 0.571. The zero-order valence-electron chi connectivity index (χ0n) is 12.0. The van der Waals surface area contributed by atoms with Crippen molar-refractivity contribution < 1.29 is 4.79 Å². The maximum atomic E-state index is 11.4. The Labute approximate surface area is 111 Å². The first-order chi connectivity index (χ1) is 8.29. The van der Waals surface area contributed by atoms with E-state index in [0.717, 1.165) is 25.1 Å². The second-order valence-electron chi connectivity index (χ2n) is 5.61. The van der Waals surface area contributed by atoms with Gasteiger partial charge < -0.3 is 0 Å². The van der Waals surface area contributed by atoms with Crippen molar-refractivity contribution in [2.45, 2.75) is 52.9 Å². The molecule has 0 bridgehead atoms. The monoisotopic (exact) mass is 262 g/mol. The van der Waals surface area contributed by atoms with Gasteiger partial charge in [0.15, 0.2) is 5.78 Å². The van der Waals surface area contributed by atoms with Crippen LogP contribution in [0.15, 0.2) is 6.07 Å². The smallest absolute Gasteiger partial charge is 0.177 e. The fourth-order valence-corrected chi connectivity index (χ4v) is 2.30. The Morgan fingerprint density at radius 2 is 2.11 bits per heavy atom. The highest BCUT2D eigenvalue weighted by Gasteiger charge is 2.09. The van der Waals surface area contributed by atoms with Crippen LogP contribution in [0.3, 0.4) is 0 Å². The molecule has 0 aliphatic heterocycles. The highest BCUT2D eigenvalue weighted by molar-refractivity contribution is 6.83. The molecular weight excluding hydrogens is 240 g/mol. The van der Waals surface area contributed by atoms with Gasteiger partial charge in [-0.25, -0.2) is 0 Å². The fourth-order valence-electron chi connectivity index (χ4n) is 1.64. The third-order valence-corrected chi connectivity index (χ3v) is 3.32. The lowest BCUT2D eigenvalue weighted by Crippen LogP contribution is -2.16. The van der Waals surface area contributed by atoms with Crippen molar-refractivity contribution in [1.29, 1.82) is 0 Å². The van der Waals surface area contributed by atoms with E-state index in [0.29, 0.717) is 5.69 Å². The molecule has 18 heavy (non-hydrogen) atoms. The van der Waals surface area contributed by atoms with Crippen molar-refractivity contribution in [2.75, 3.05) is 0 Å². The number of aromatic nitrogens is 2. The largest absolute Gasteiger partial charge is 0.293 e. The summed E-state index contributed by atoms with van der Waals surface area (Å²) in [5.41, 5.74) is 4.94. The number of Topliss-reactive ketones (excluding diaryl/α,β-unsaturated/α-hetero) is 1. The SMILES string of the molecule is CC(=O)c1cc(C)nn1CCCC#C[Si](C)(C)C. The molecule has 4 heteroatoms. The van der Waals surface area contributed by atoms with Crippen molar-refractivity contribution in [2.24, 2.45) is 0 Å². The quantitative estimate of drug-likeness (QED) is 0.362. The average Bonchev–Trinajstić information content (AvgIpc) is 2.57. The molecular formula is C14H22N2OSi. The number of hydrogen-bond acceptors (Lipinski definition) is 2. The molecule has 3 nitrogen and oxygen atoms in total. The molecule has 0 aliphatic rings. The maximum absolute atomic E-state index is 11.4. The molecule has 0 fully saturated rings. The molecule has 0 saturated carbocycles. The molecule has 1 rings (SSSR count). The topological polar surface area (TPSA) is 34.9 Å². The third kappa shape index (κ3) is 4.88. The molecule has 98 valence electrons. The highest BCUT2D eigenvalue weighted by Crippen LogP contribution is 2.06. The minimum absolute atomic E-state index is 0.0729. The summed E-state index contributed by atoms with van der Waals surface area (Å²) in [6.07, 6.45) is 1.82. The Hall–Kier alpha value is -1.34. The molecule has 0 spiro atoms. The first-order valence-electron chi connectivity index (χ1n) is 6.35. The van der Waals surface area contributed by atoms with Crippen LogP contribution >= 0.6 is 0 Å². The van der Waals surface area contributed by atoms with E-state index in [1.807, 2.05) is 13.0 Å². The number of rotatable bonds is 4. The van der Waals surface area contributed by atoms with Gasteiger partial charge in [0.2, 0.25) is 0 Å². The van der Waals surface area contributed by atoms with E-state index in [4.69, 9.17) is 0 Å². The Bertz CT molecular complexity index is 486. The van der Waals surface area contributed by atoms with Crippen LogP contribution in [-0.2, 0) is 6.54 Å². The lowest BCUT2D eigenvalue weighted by molar-refractivity contribution is 0.100. The molecule has 0 saturated heterocycles. The van der Waals surface area contributed by atoms with Gasteiger partial charge in [-0.15, -0.1) is 11.5 Å². The zero-order valence-corrected chi connectivity index (χ0v) is 13.0. The molecule has 0 amide bonds. The van der Waals surface area contributed by atoms with Gasteiger partial charge in [0.25, 0.3) is 0 Å². The predicted octanol–water partition coefficient (Wildman–Crippen LogP) is 3.06. The van der Waals surface area contributed by atoms with E-state index >= 15 is 0 Å². The third-order valence-electron chi connectivity index (χ3n) is 2.40. The first kappa shape index (κ1) is 14.7. The highest BCUT2D eigenvalue weighted by atomic mass is 28.3. The number of carbonyl (C=O) groups excluding carboxylic acids is 1. The molecule has 0 radical (unpaired) electrons. The van der Waals surface area contributed by atoms with Gasteiger partial charge in [-0.3, -0.25) is 9.48 Å². The lowest BCUT2D eigenvalue weighted by Gasteiger charge is -2.04. The van der Waals surface area contributed by atoms with Gasteiger partial charge in [0, 0.05) is 19.9 Å². The van der Waals surface area contributed by atoms with E-state index < -0.39 is 8.07 Å². The molecule has 0 aliphatic carbocycles. The van der Waals surface area contributed by atoms with Crippen molar-refractivity contribution in [3.05, 3.63) is 17.5 Å². The summed E-state index contributed by atoms with van der Waals surface area (Å²) in [5, 5.41) is 4.33. The zero-order chi connectivity index (χ0) is 13.8. The van der Waals surface area contributed by atoms with Crippen LogP contribution in [0.25, 0.3) is 0 Å². The van der Waals surface area contributed by atoms with Crippen molar-refractivity contribution in [3.63, 3.8) is 0 Å². The van der Waals surface area contributed by atoms with Gasteiger partial charge >= 0.3 is 0 Å². The van der Waals surface area contributed by atoms with Gasteiger partial charge in [-0.05, 0) is 19.4 Å². The van der Waals surface area contributed by atoms with Crippen LogP contribution in [0, 0.1) is 18.4 Å².